The molecule has 0 aromatic carbocycles. The monoisotopic (exact) mass is 232 g/mol. The molecule has 0 amide bonds. The van der Waals surface area contributed by atoms with Gasteiger partial charge < -0.3 is 10.5 Å². The first-order chi connectivity index (χ1) is 5.65. The zero-order chi connectivity index (χ0) is 9.14. The molecule has 0 bridgehead atoms. The van der Waals surface area contributed by atoms with Gasteiger partial charge in [-0.3, -0.25) is 9.36 Å². The number of pyridine rings is 1. The van der Waals surface area contributed by atoms with Crippen molar-refractivity contribution in [2.24, 2.45) is 0 Å². The molecule has 0 unspecified atom stereocenters. The van der Waals surface area contributed by atoms with Crippen molar-refractivity contribution in [2.45, 2.75) is 6.73 Å². The molecule has 1 heterocycles. The number of rotatable bonds is 2. The van der Waals surface area contributed by atoms with Gasteiger partial charge in [-0.2, -0.15) is 0 Å². The summed E-state index contributed by atoms with van der Waals surface area (Å²) in [4.78, 5) is 11.3. The minimum Gasteiger partial charge on any atom is -0.398 e. The molecule has 0 saturated carbocycles. The smallest absolute Gasteiger partial charge is 0.266 e. The molecule has 0 aliphatic carbocycles. The van der Waals surface area contributed by atoms with Crippen LogP contribution in [0.3, 0.4) is 0 Å². The van der Waals surface area contributed by atoms with Crippen LogP contribution in [0.4, 0.5) is 5.69 Å². The maximum absolute atomic E-state index is 11.3. The molecule has 0 aliphatic heterocycles. The number of aromatic nitrogens is 1. The first-order valence-corrected chi connectivity index (χ1v) is 4.09. The van der Waals surface area contributed by atoms with E-state index < -0.39 is 0 Å². The number of halogens is 1. The van der Waals surface area contributed by atoms with Crippen molar-refractivity contribution in [1.82, 2.24) is 4.57 Å². The molecule has 2 N–H and O–H groups in total. The van der Waals surface area contributed by atoms with E-state index in [0.29, 0.717) is 10.2 Å². The molecule has 0 fully saturated rings. The predicted molar refractivity (Wildman–Crippen MR) is 49.8 cm³/mol. The van der Waals surface area contributed by atoms with Gasteiger partial charge in [0.1, 0.15) is 6.73 Å². The Balaban J connectivity index is 3.19. The molecule has 0 saturated heterocycles. The van der Waals surface area contributed by atoms with E-state index in [-0.39, 0.29) is 12.3 Å². The van der Waals surface area contributed by atoms with Gasteiger partial charge in [0.05, 0.1) is 4.47 Å². The molecule has 0 radical (unpaired) electrons. The fourth-order valence-corrected chi connectivity index (χ4v) is 1.35. The Morgan fingerprint density at radius 2 is 2.42 bits per heavy atom. The van der Waals surface area contributed by atoms with Gasteiger partial charge in [0, 0.05) is 19.0 Å². The largest absolute Gasteiger partial charge is 0.398 e. The van der Waals surface area contributed by atoms with Crippen LogP contribution in [0.25, 0.3) is 0 Å². The van der Waals surface area contributed by atoms with Crippen LogP contribution in [0.15, 0.2) is 21.5 Å². The van der Waals surface area contributed by atoms with Crippen LogP contribution in [-0.2, 0) is 11.5 Å². The highest BCUT2D eigenvalue weighted by Gasteiger charge is 2.00. The standard InChI is InChI=1S/C7H9BrN2O2/c1-12-4-10-3-5(9)2-6(8)7(10)11/h2-3H,4,9H2,1H3. The van der Waals surface area contributed by atoms with Crippen molar-refractivity contribution in [3.05, 3.63) is 27.1 Å². The lowest BCUT2D eigenvalue weighted by atomic mass is 10.4. The number of nitrogens with two attached hydrogens (primary N) is 1. The van der Waals surface area contributed by atoms with Crippen LogP contribution in [-0.4, -0.2) is 11.7 Å². The third-order valence-corrected chi connectivity index (χ3v) is 1.90. The van der Waals surface area contributed by atoms with Crippen molar-refractivity contribution >= 4 is 21.6 Å². The zero-order valence-electron chi connectivity index (χ0n) is 6.58. The second kappa shape index (κ2) is 3.73. The molecule has 1 aromatic heterocycles. The Hall–Kier alpha value is -0.810. The normalized spacial score (nSPS) is 10.2. The summed E-state index contributed by atoms with van der Waals surface area (Å²) in [7, 11) is 1.52. The fraction of sp³-hybridized carbons (Fsp3) is 0.286. The number of methoxy groups -OCH3 is 1. The molecule has 5 heteroatoms. The summed E-state index contributed by atoms with van der Waals surface area (Å²) in [6.45, 7) is 0.211. The van der Waals surface area contributed by atoms with Gasteiger partial charge in [0.25, 0.3) is 5.56 Å². The zero-order valence-corrected chi connectivity index (χ0v) is 8.17. The molecule has 1 aromatic rings. The molecule has 1 rings (SSSR count). The van der Waals surface area contributed by atoms with Crippen LogP contribution in [0.5, 0.6) is 0 Å². The SMILES string of the molecule is COCn1cc(N)cc(Br)c1=O. The van der Waals surface area contributed by atoms with E-state index in [0.717, 1.165) is 0 Å². The maximum atomic E-state index is 11.3. The van der Waals surface area contributed by atoms with E-state index in [1.807, 2.05) is 0 Å². The van der Waals surface area contributed by atoms with E-state index in [1.165, 1.54) is 17.9 Å². The summed E-state index contributed by atoms with van der Waals surface area (Å²) in [6, 6.07) is 1.56. The lowest BCUT2D eigenvalue weighted by Crippen LogP contribution is -2.21. The van der Waals surface area contributed by atoms with E-state index in [9.17, 15) is 4.79 Å². The van der Waals surface area contributed by atoms with Crippen LogP contribution >= 0.6 is 15.9 Å². The number of anilines is 1. The van der Waals surface area contributed by atoms with Crippen molar-refractivity contribution in [2.75, 3.05) is 12.8 Å². The van der Waals surface area contributed by atoms with E-state index in [2.05, 4.69) is 15.9 Å². The van der Waals surface area contributed by atoms with Crippen molar-refractivity contribution in [3.63, 3.8) is 0 Å². The maximum Gasteiger partial charge on any atom is 0.266 e. The van der Waals surface area contributed by atoms with Gasteiger partial charge in [-0.25, -0.2) is 0 Å². The topological polar surface area (TPSA) is 57.2 Å². The molecular weight excluding hydrogens is 224 g/mol. The van der Waals surface area contributed by atoms with Gasteiger partial charge in [-0.1, -0.05) is 0 Å². The summed E-state index contributed by atoms with van der Waals surface area (Å²) in [5, 5.41) is 0. The van der Waals surface area contributed by atoms with Crippen molar-refractivity contribution < 1.29 is 4.74 Å². The minimum absolute atomic E-state index is 0.147. The Kier molecular flexibility index (Phi) is 2.88. The summed E-state index contributed by atoms with van der Waals surface area (Å²) in [6.07, 6.45) is 1.54. The lowest BCUT2D eigenvalue weighted by molar-refractivity contribution is 0.128. The average molecular weight is 233 g/mol. The number of nitrogens with zero attached hydrogens (tertiary/aromatic N) is 1. The molecule has 0 atom stereocenters. The average Bonchev–Trinajstić information content (AvgIpc) is 2.00. The fourth-order valence-electron chi connectivity index (χ4n) is 0.856. The van der Waals surface area contributed by atoms with E-state index in [4.69, 9.17) is 10.5 Å². The summed E-state index contributed by atoms with van der Waals surface area (Å²) < 4.78 is 6.64. The highest BCUT2D eigenvalue weighted by molar-refractivity contribution is 9.10. The predicted octanol–water partition coefficient (Wildman–Crippen LogP) is 0.797. The van der Waals surface area contributed by atoms with Crippen LogP contribution in [0.1, 0.15) is 0 Å². The Morgan fingerprint density at radius 1 is 1.75 bits per heavy atom. The van der Waals surface area contributed by atoms with E-state index >= 15 is 0 Å². The number of nitrogen functional groups attached to an aromatic ring is 1. The minimum atomic E-state index is -0.147. The molecular formula is C7H9BrN2O2. The second-order valence-corrected chi connectivity index (χ2v) is 3.17. The van der Waals surface area contributed by atoms with Gasteiger partial charge in [0.15, 0.2) is 0 Å². The van der Waals surface area contributed by atoms with Crippen LogP contribution in [0.2, 0.25) is 0 Å². The third-order valence-electron chi connectivity index (χ3n) is 1.33. The number of hydrogen-bond donors (Lipinski definition) is 1. The van der Waals surface area contributed by atoms with Crippen LogP contribution < -0.4 is 11.3 Å². The Morgan fingerprint density at radius 3 is 3.00 bits per heavy atom. The molecule has 4 nitrogen and oxygen atoms in total. The van der Waals surface area contributed by atoms with Crippen molar-refractivity contribution in [1.29, 1.82) is 0 Å². The summed E-state index contributed by atoms with van der Waals surface area (Å²) in [5.74, 6) is 0. The van der Waals surface area contributed by atoms with Gasteiger partial charge in [-0.05, 0) is 22.0 Å². The molecule has 0 spiro atoms. The summed E-state index contributed by atoms with van der Waals surface area (Å²) in [5.41, 5.74) is 5.89. The molecule has 66 valence electrons. The molecule has 0 aliphatic rings. The highest BCUT2D eigenvalue weighted by Crippen LogP contribution is 2.07. The Bertz CT molecular complexity index is 335. The van der Waals surface area contributed by atoms with E-state index in [1.54, 1.807) is 6.07 Å². The molecule has 12 heavy (non-hydrogen) atoms. The number of hydrogen-bond acceptors (Lipinski definition) is 3. The lowest BCUT2D eigenvalue weighted by Gasteiger charge is -2.05. The Labute approximate surface area is 78.1 Å². The first-order valence-electron chi connectivity index (χ1n) is 3.29. The highest BCUT2D eigenvalue weighted by atomic mass is 79.9. The number of ether oxygens (including phenoxy) is 1. The second-order valence-electron chi connectivity index (χ2n) is 2.31. The quantitative estimate of drug-likeness (QED) is 0.821. The van der Waals surface area contributed by atoms with Crippen LogP contribution in [0, 0.1) is 0 Å². The van der Waals surface area contributed by atoms with Gasteiger partial charge in [-0.15, -0.1) is 0 Å². The van der Waals surface area contributed by atoms with Gasteiger partial charge in [0.2, 0.25) is 0 Å². The first kappa shape index (κ1) is 9.28. The summed E-state index contributed by atoms with van der Waals surface area (Å²) >= 11 is 3.10. The van der Waals surface area contributed by atoms with Crippen molar-refractivity contribution in [3.8, 4) is 0 Å². The third kappa shape index (κ3) is 1.86. The van der Waals surface area contributed by atoms with Gasteiger partial charge >= 0.3 is 0 Å².